The summed E-state index contributed by atoms with van der Waals surface area (Å²) >= 11 is 0. The van der Waals surface area contributed by atoms with Gasteiger partial charge in [0.1, 0.15) is 0 Å². The second kappa shape index (κ2) is 4.65. The predicted molar refractivity (Wildman–Crippen MR) is 69.7 cm³/mol. The van der Waals surface area contributed by atoms with Gasteiger partial charge in [0.25, 0.3) is 5.91 Å². The summed E-state index contributed by atoms with van der Waals surface area (Å²) in [5.74, 6) is 0.0186. The maximum absolute atomic E-state index is 12.3. The van der Waals surface area contributed by atoms with Gasteiger partial charge in [0.15, 0.2) is 0 Å². The van der Waals surface area contributed by atoms with Gasteiger partial charge in [-0.05, 0) is 23.3 Å². The summed E-state index contributed by atoms with van der Waals surface area (Å²) in [4.78, 5) is 14.0. The van der Waals surface area contributed by atoms with Crippen LogP contribution < -0.4 is 0 Å². The lowest BCUT2D eigenvalue weighted by molar-refractivity contribution is 0.0779. The van der Waals surface area contributed by atoms with E-state index in [0.29, 0.717) is 18.5 Å². The minimum atomic E-state index is 0.0186. The molecule has 1 aliphatic rings. The van der Waals surface area contributed by atoms with Gasteiger partial charge in [0.05, 0.1) is 6.54 Å². The molecule has 0 saturated carbocycles. The molecule has 1 aliphatic heterocycles. The van der Waals surface area contributed by atoms with Crippen LogP contribution in [0.2, 0.25) is 0 Å². The number of rotatable bonds is 1. The van der Waals surface area contributed by atoms with Gasteiger partial charge in [-0.1, -0.05) is 42.5 Å². The van der Waals surface area contributed by atoms with Crippen molar-refractivity contribution >= 4 is 5.91 Å². The third-order valence-electron chi connectivity index (χ3n) is 3.17. The summed E-state index contributed by atoms with van der Waals surface area (Å²) in [7, 11) is 0. The smallest absolute Gasteiger partial charge is 0.254 e. The summed E-state index contributed by atoms with van der Waals surface area (Å²) in [6.45, 7) is 3.77. The quantitative estimate of drug-likeness (QED) is 0.744. The predicted octanol–water partition coefficient (Wildman–Crippen LogP) is 2.92. The van der Waals surface area contributed by atoms with Crippen LogP contribution in [0.15, 0.2) is 54.6 Å². The largest absolute Gasteiger partial charge is 0.323 e. The third kappa shape index (κ3) is 2.02. The van der Waals surface area contributed by atoms with Gasteiger partial charge in [-0.3, -0.25) is 4.79 Å². The lowest BCUT2D eigenvalue weighted by Crippen LogP contribution is -2.32. The van der Waals surface area contributed by atoms with Gasteiger partial charge in [0.2, 0.25) is 0 Å². The van der Waals surface area contributed by atoms with E-state index in [4.69, 9.17) is 0 Å². The molecule has 0 spiro atoms. The molecule has 0 atom stereocenters. The van der Waals surface area contributed by atoms with Crippen LogP contribution in [-0.4, -0.2) is 10.8 Å². The first-order chi connectivity index (χ1) is 8.84. The average molecular weight is 235 g/mol. The first-order valence-corrected chi connectivity index (χ1v) is 6.02. The Labute approximate surface area is 107 Å². The number of hydrogen-bond donors (Lipinski definition) is 0. The van der Waals surface area contributed by atoms with Crippen LogP contribution in [0.4, 0.5) is 0 Å². The first-order valence-electron chi connectivity index (χ1n) is 6.02. The maximum Gasteiger partial charge on any atom is 0.254 e. The molecule has 2 radical (unpaired) electrons. The van der Waals surface area contributed by atoms with E-state index in [1.165, 1.54) is 11.1 Å². The molecular weight excluding hydrogens is 222 g/mol. The number of nitrogens with zero attached hydrogens (tertiary/aromatic N) is 1. The van der Waals surface area contributed by atoms with Gasteiger partial charge in [-0.2, -0.15) is 0 Å². The molecule has 2 nitrogen and oxygen atoms in total. The van der Waals surface area contributed by atoms with Crippen LogP contribution >= 0.6 is 0 Å². The van der Waals surface area contributed by atoms with Crippen molar-refractivity contribution in [2.75, 3.05) is 0 Å². The van der Waals surface area contributed by atoms with Gasteiger partial charge in [-0.15, -0.1) is 0 Å². The fourth-order valence-corrected chi connectivity index (χ4v) is 2.17. The Hall–Kier alpha value is -2.09. The van der Waals surface area contributed by atoms with Crippen LogP contribution in [0.1, 0.15) is 21.5 Å². The van der Waals surface area contributed by atoms with Crippen molar-refractivity contribution in [1.82, 2.24) is 4.90 Å². The Morgan fingerprint density at radius 3 is 2.39 bits per heavy atom. The highest BCUT2D eigenvalue weighted by atomic mass is 16.2. The highest BCUT2D eigenvalue weighted by Gasteiger charge is 2.22. The number of carbonyl (C=O) groups is 1. The van der Waals surface area contributed by atoms with Crippen molar-refractivity contribution in [3.8, 4) is 0 Å². The Kier molecular flexibility index (Phi) is 2.85. The Balaban J connectivity index is 1.82. The Bertz CT molecular complexity index is 562. The molecule has 0 saturated heterocycles. The molecule has 88 valence electrons. The van der Waals surface area contributed by atoms with Crippen molar-refractivity contribution in [2.24, 2.45) is 0 Å². The van der Waals surface area contributed by atoms with Crippen LogP contribution in [-0.2, 0) is 13.0 Å². The van der Waals surface area contributed by atoms with E-state index in [1.807, 2.05) is 42.5 Å². The number of fused-ring (bicyclic) bond motifs is 1. The van der Waals surface area contributed by atoms with Gasteiger partial charge in [0, 0.05) is 18.5 Å². The monoisotopic (exact) mass is 235 g/mol. The molecule has 3 rings (SSSR count). The summed E-state index contributed by atoms with van der Waals surface area (Å²) in [5, 5.41) is 0. The maximum atomic E-state index is 12.3. The second-order valence-corrected chi connectivity index (χ2v) is 4.36. The van der Waals surface area contributed by atoms with E-state index in [0.717, 1.165) is 0 Å². The minimum absolute atomic E-state index is 0.0186. The van der Waals surface area contributed by atoms with Crippen LogP contribution in [0, 0.1) is 6.54 Å². The summed E-state index contributed by atoms with van der Waals surface area (Å²) in [6, 6.07) is 17.5. The van der Waals surface area contributed by atoms with E-state index in [-0.39, 0.29) is 5.91 Å². The molecule has 0 fully saturated rings. The zero-order chi connectivity index (χ0) is 12.4. The summed E-state index contributed by atoms with van der Waals surface area (Å²) in [5.41, 5.74) is 3.18. The lowest BCUT2D eigenvalue weighted by Gasteiger charge is -2.27. The highest BCUT2D eigenvalue weighted by Crippen LogP contribution is 2.22. The van der Waals surface area contributed by atoms with E-state index in [2.05, 4.69) is 18.7 Å². The molecule has 2 aromatic carbocycles. The minimum Gasteiger partial charge on any atom is -0.323 e. The van der Waals surface area contributed by atoms with Crippen LogP contribution in [0.5, 0.6) is 0 Å². The molecule has 0 N–H and O–H groups in total. The molecule has 2 aromatic rings. The summed E-state index contributed by atoms with van der Waals surface area (Å²) < 4.78 is 0. The van der Waals surface area contributed by atoms with Gasteiger partial charge >= 0.3 is 0 Å². The molecule has 2 heteroatoms. The van der Waals surface area contributed by atoms with Crippen LogP contribution in [0.25, 0.3) is 0 Å². The first kappa shape index (κ1) is 11.0. The molecule has 0 aromatic heterocycles. The zero-order valence-electron chi connectivity index (χ0n) is 9.97. The van der Waals surface area contributed by atoms with Gasteiger partial charge in [-0.25, -0.2) is 0 Å². The SMILES string of the molecule is O=C(c1ccccc1)N1[C]Cc2ccccc2C1. The molecule has 18 heavy (non-hydrogen) atoms. The highest BCUT2D eigenvalue weighted by molar-refractivity contribution is 5.94. The normalized spacial score (nSPS) is 14.1. The number of amides is 1. The Morgan fingerprint density at radius 1 is 0.944 bits per heavy atom. The number of benzene rings is 2. The number of hydrogen-bond acceptors (Lipinski definition) is 1. The lowest BCUT2D eigenvalue weighted by atomic mass is 9.99. The fraction of sp³-hybridized carbons (Fsp3) is 0.125. The molecule has 1 amide bonds. The molecule has 1 heterocycles. The van der Waals surface area contributed by atoms with Crippen molar-refractivity contribution < 1.29 is 4.79 Å². The van der Waals surface area contributed by atoms with E-state index in [1.54, 1.807) is 4.90 Å². The zero-order valence-corrected chi connectivity index (χ0v) is 9.97. The molecular formula is C16H13NO. The Morgan fingerprint density at radius 2 is 1.61 bits per heavy atom. The molecule has 0 bridgehead atoms. The van der Waals surface area contributed by atoms with E-state index < -0.39 is 0 Å². The van der Waals surface area contributed by atoms with Crippen molar-refractivity contribution in [3.63, 3.8) is 0 Å². The fourth-order valence-electron chi connectivity index (χ4n) is 2.17. The van der Waals surface area contributed by atoms with E-state index in [9.17, 15) is 4.79 Å². The van der Waals surface area contributed by atoms with Crippen molar-refractivity contribution in [2.45, 2.75) is 13.0 Å². The van der Waals surface area contributed by atoms with Crippen molar-refractivity contribution in [1.29, 1.82) is 0 Å². The van der Waals surface area contributed by atoms with E-state index >= 15 is 0 Å². The molecule has 0 unspecified atom stereocenters. The average Bonchev–Trinajstić information content (AvgIpc) is 2.47. The summed E-state index contributed by atoms with van der Waals surface area (Å²) in [6.07, 6.45) is 0.703. The van der Waals surface area contributed by atoms with Crippen molar-refractivity contribution in [3.05, 3.63) is 77.8 Å². The molecule has 0 aliphatic carbocycles. The second-order valence-electron chi connectivity index (χ2n) is 4.36. The standard InChI is InChI=1S/C16H13NO/c18-16(14-7-2-1-3-8-14)17-11-10-13-6-4-5-9-15(13)12-17/h1-9H,10,12H2. The topological polar surface area (TPSA) is 20.3 Å². The number of carbonyl (C=O) groups excluding carboxylic acids is 1. The van der Waals surface area contributed by atoms with Gasteiger partial charge < -0.3 is 4.90 Å². The third-order valence-corrected chi connectivity index (χ3v) is 3.17. The van der Waals surface area contributed by atoms with Crippen LogP contribution in [0.3, 0.4) is 0 Å².